The summed E-state index contributed by atoms with van der Waals surface area (Å²) >= 11 is 1.72. The van der Waals surface area contributed by atoms with Crippen molar-refractivity contribution >= 4 is 23.3 Å². The number of thioether (sulfide) groups is 1. The average molecular weight is 481 g/mol. The van der Waals surface area contributed by atoms with Crippen molar-refractivity contribution in [2.45, 2.75) is 77.4 Å². The Morgan fingerprint density at radius 1 is 1.21 bits per heavy atom. The summed E-state index contributed by atoms with van der Waals surface area (Å²) in [6, 6.07) is 3.80. The molecule has 0 aromatic carbocycles. The van der Waals surface area contributed by atoms with E-state index in [4.69, 9.17) is 10.5 Å². The van der Waals surface area contributed by atoms with Gasteiger partial charge in [-0.15, -0.1) is 0 Å². The maximum atomic E-state index is 12.5. The Kier molecular flexibility index (Phi) is 6.71. The number of nitrogens with two attached hydrogens (primary N) is 1. The lowest BCUT2D eigenvalue weighted by Crippen LogP contribution is -2.50. The number of hydrogen-bond donors (Lipinski definition) is 1. The van der Waals surface area contributed by atoms with Crippen LogP contribution in [-0.2, 0) is 9.53 Å². The van der Waals surface area contributed by atoms with E-state index in [0.717, 1.165) is 43.3 Å². The van der Waals surface area contributed by atoms with E-state index in [1.54, 1.807) is 11.8 Å². The zero-order chi connectivity index (χ0) is 23.9. The zero-order valence-electron chi connectivity index (χ0n) is 21.0. The van der Waals surface area contributed by atoms with Crippen LogP contribution in [0.1, 0.15) is 70.8 Å². The molecule has 0 radical (unpaired) electrons. The monoisotopic (exact) mass is 480 g/mol. The third-order valence-electron chi connectivity index (χ3n) is 9.83. The van der Waals surface area contributed by atoms with Gasteiger partial charge >= 0.3 is 5.97 Å². The molecule has 34 heavy (non-hydrogen) atoms. The molecule has 2 N–H and O–H groups in total. The molecule has 0 aliphatic heterocycles. The SMILES string of the molecule is CSCC[C@H](N)C(=O)O[C@H]1CC[C@@]2(C)C(=CC[C@@H]3[C@@H]2CC[C@]2(C)C(c4cccnc4)=CC[C@@H]32)C1. The number of aromatic nitrogens is 1. The molecular formula is C29H40N2O2S. The highest BCUT2D eigenvalue weighted by molar-refractivity contribution is 7.98. The van der Waals surface area contributed by atoms with Gasteiger partial charge in [0.1, 0.15) is 12.1 Å². The summed E-state index contributed by atoms with van der Waals surface area (Å²) in [6.45, 7) is 5.02. The van der Waals surface area contributed by atoms with E-state index < -0.39 is 6.04 Å². The second-order valence-corrected chi connectivity index (χ2v) is 12.5. The molecule has 5 rings (SSSR count). The van der Waals surface area contributed by atoms with Gasteiger partial charge in [0.2, 0.25) is 0 Å². The minimum absolute atomic E-state index is 0.0112. The zero-order valence-corrected chi connectivity index (χ0v) is 21.8. The molecule has 4 aliphatic rings. The topological polar surface area (TPSA) is 65.2 Å². The molecule has 2 fully saturated rings. The number of ether oxygens (including phenoxy) is 1. The van der Waals surface area contributed by atoms with E-state index in [0.29, 0.717) is 12.3 Å². The number of pyridine rings is 1. The number of carbonyl (C=O) groups is 1. The summed E-state index contributed by atoms with van der Waals surface area (Å²) in [5.41, 5.74) is 10.9. The van der Waals surface area contributed by atoms with E-state index in [-0.39, 0.29) is 22.9 Å². The van der Waals surface area contributed by atoms with Crippen LogP contribution in [0.3, 0.4) is 0 Å². The van der Waals surface area contributed by atoms with Crippen molar-refractivity contribution < 1.29 is 9.53 Å². The molecule has 0 spiro atoms. The van der Waals surface area contributed by atoms with E-state index in [9.17, 15) is 4.79 Å². The Labute approximate surface area is 209 Å². The minimum atomic E-state index is -0.495. The molecular weight excluding hydrogens is 440 g/mol. The predicted octanol–water partition coefficient (Wildman–Crippen LogP) is 6.03. The number of allylic oxidation sites excluding steroid dienone is 3. The standard InChI is InChI=1S/C29H40N2O2S/c1-28-13-10-21(33-27(32)26(30)12-16-34-3)17-20(28)6-7-22-24-9-8-23(19-5-4-15-31-18-19)29(24,2)14-11-25(22)28/h4-6,8,15,18,21-22,24-26H,7,9-14,16-17,30H2,1-3H3/t21-,22-,24-,25-,26-,28-,29+/m0/s1. The van der Waals surface area contributed by atoms with Crippen LogP contribution >= 0.6 is 11.8 Å². The van der Waals surface area contributed by atoms with Crippen molar-refractivity contribution in [1.82, 2.24) is 4.98 Å². The highest BCUT2D eigenvalue weighted by atomic mass is 32.2. The van der Waals surface area contributed by atoms with Crippen molar-refractivity contribution in [1.29, 1.82) is 0 Å². The Bertz CT molecular complexity index is 976. The number of nitrogens with zero attached hydrogens (tertiary/aromatic N) is 1. The van der Waals surface area contributed by atoms with Crippen molar-refractivity contribution in [3.63, 3.8) is 0 Å². The lowest BCUT2D eigenvalue weighted by Gasteiger charge is -2.57. The lowest BCUT2D eigenvalue weighted by molar-refractivity contribution is -0.153. The molecule has 0 saturated heterocycles. The summed E-state index contributed by atoms with van der Waals surface area (Å²) < 4.78 is 5.90. The highest BCUT2D eigenvalue weighted by Crippen LogP contribution is 2.66. The second kappa shape index (κ2) is 9.46. The van der Waals surface area contributed by atoms with Crippen molar-refractivity contribution in [2.75, 3.05) is 12.0 Å². The van der Waals surface area contributed by atoms with Gasteiger partial charge in [-0.3, -0.25) is 9.78 Å². The average Bonchev–Trinajstić information content (AvgIpc) is 3.20. The predicted molar refractivity (Wildman–Crippen MR) is 140 cm³/mol. The van der Waals surface area contributed by atoms with Crippen LogP contribution in [-0.4, -0.2) is 35.1 Å². The molecule has 4 nitrogen and oxygen atoms in total. The van der Waals surface area contributed by atoms with Gasteiger partial charge in [-0.2, -0.15) is 11.8 Å². The summed E-state index contributed by atoms with van der Waals surface area (Å²) in [4.78, 5) is 16.9. The smallest absolute Gasteiger partial charge is 0.323 e. The molecule has 5 heteroatoms. The molecule has 4 aliphatic carbocycles. The third-order valence-corrected chi connectivity index (χ3v) is 10.5. The minimum Gasteiger partial charge on any atom is -0.461 e. The van der Waals surface area contributed by atoms with E-state index in [2.05, 4.69) is 43.1 Å². The summed E-state index contributed by atoms with van der Waals surface area (Å²) in [7, 11) is 0. The normalized spacial score (nSPS) is 37.5. The largest absolute Gasteiger partial charge is 0.461 e. The summed E-state index contributed by atoms with van der Waals surface area (Å²) in [5.74, 6) is 2.85. The van der Waals surface area contributed by atoms with E-state index in [1.165, 1.54) is 36.0 Å². The van der Waals surface area contributed by atoms with Crippen molar-refractivity contribution in [3.8, 4) is 0 Å². The quantitative estimate of drug-likeness (QED) is 0.398. The third kappa shape index (κ3) is 4.07. The Hall–Kier alpha value is -1.59. The fraction of sp³-hybridized carbons (Fsp3) is 0.655. The van der Waals surface area contributed by atoms with Gasteiger partial charge in [0.25, 0.3) is 0 Å². The van der Waals surface area contributed by atoms with Crippen molar-refractivity contribution in [3.05, 3.63) is 47.8 Å². The number of esters is 1. The Morgan fingerprint density at radius 2 is 2.03 bits per heavy atom. The number of rotatable bonds is 6. The first kappa shape index (κ1) is 24.1. The van der Waals surface area contributed by atoms with Gasteiger partial charge in [-0.05, 0) is 103 Å². The first-order chi connectivity index (χ1) is 16.4. The molecule has 184 valence electrons. The van der Waals surface area contributed by atoms with Gasteiger partial charge < -0.3 is 10.5 Å². The highest BCUT2D eigenvalue weighted by Gasteiger charge is 2.57. The molecule has 1 aromatic heterocycles. The molecule has 0 bridgehead atoms. The Balaban J connectivity index is 1.29. The van der Waals surface area contributed by atoms with Gasteiger partial charge in [-0.25, -0.2) is 0 Å². The van der Waals surface area contributed by atoms with Crippen LogP contribution in [0.5, 0.6) is 0 Å². The molecule has 0 unspecified atom stereocenters. The van der Waals surface area contributed by atoms with Gasteiger partial charge in [0, 0.05) is 18.8 Å². The number of hydrogen-bond acceptors (Lipinski definition) is 5. The maximum absolute atomic E-state index is 12.5. The van der Waals surface area contributed by atoms with Gasteiger partial charge in [0.05, 0.1) is 0 Å². The van der Waals surface area contributed by atoms with Gasteiger partial charge in [-0.1, -0.05) is 37.6 Å². The van der Waals surface area contributed by atoms with Crippen LogP contribution < -0.4 is 5.73 Å². The summed E-state index contributed by atoms with van der Waals surface area (Å²) in [5, 5.41) is 0. The summed E-state index contributed by atoms with van der Waals surface area (Å²) in [6.07, 6.45) is 19.5. The first-order valence-corrected chi connectivity index (χ1v) is 14.5. The second-order valence-electron chi connectivity index (χ2n) is 11.5. The molecule has 2 saturated carbocycles. The fourth-order valence-corrected chi connectivity index (χ4v) is 8.37. The molecule has 1 aromatic rings. The molecule has 0 amide bonds. The van der Waals surface area contributed by atoms with E-state index >= 15 is 0 Å². The maximum Gasteiger partial charge on any atom is 0.323 e. The van der Waals surface area contributed by atoms with Gasteiger partial charge in [0.15, 0.2) is 0 Å². The number of carbonyl (C=O) groups excluding carboxylic acids is 1. The Morgan fingerprint density at radius 3 is 2.79 bits per heavy atom. The van der Waals surface area contributed by atoms with Crippen LogP contribution in [0.25, 0.3) is 5.57 Å². The van der Waals surface area contributed by atoms with Crippen LogP contribution in [0, 0.1) is 28.6 Å². The molecule has 7 atom stereocenters. The van der Waals surface area contributed by atoms with Crippen molar-refractivity contribution in [2.24, 2.45) is 34.3 Å². The lowest BCUT2D eigenvalue weighted by atomic mass is 9.47. The molecule has 1 heterocycles. The van der Waals surface area contributed by atoms with Crippen LogP contribution in [0.4, 0.5) is 0 Å². The fourth-order valence-electron chi connectivity index (χ4n) is 7.88. The number of fused-ring (bicyclic) bond motifs is 5. The van der Waals surface area contributed by atoms with Crippen LogP contribution in [0.2, 0.25) is 0 Å². The van der Waals surface area contributed by atoms with E-state index in [1.807, 2.05) is 18.6 Å². The van der Waals surface area contributed by atoms with Crippen LogP contribution in [0.15, 0.2) is 42.3 Å². The first-order valence-electron chi connectivity index (χ1n) is 13.1.